The zero-order valence-corrected chi connectivity index (χ0v) is 16.2. The molecule has 0 aliphatic heterocycles. The third kappa shape index (κ3) is 5.95. The number of anilines is 2. The topological polar surface area (TPSA) is 63.2 Å². The van der Waals surface area contributed by atoms with Gasteiger partial charge in [-0.2, -0.15) is 13.2 Å². The Labute approximate surface area is 169 Å². The van der Waals surface area contributed by atoms with Crippen LogP contribution in [0.3, 0.4) is 0 Å². The van der Waals surface area contributed by atoms with Gasteiger partial charge in [-0.25, -0.2) is 4.98 Å². The molecule has 0 radical (unpaired) electrons. The van der Waals surface area contributed by atoms with E-state index < -0.39 is 11.7 Å². The Hall–Kier alpha value is -3.07. The van der Waals surface area contributed by atoms with E-state index in [0.717, 1.165) is 17.7 Å². The summed E-state index contributed by atoms with van der Waals surface area (Å²) in [7, 11) is 1.57. The fraction of sp³-hybridized carbons (Fsp3) is 0.200. The predicted octanol–water partition coefficient (Wildman–Crippen LogP) is 4.77. The van der Waals surface area contributed by atoms with E-state index in [9.17, 15) is 18.0 Å². The normalized spacial score (nSPS) is 11.2. The lowest BCUT2D eigenvalue weighted by Crippen LogP contribution is -2.24. The molecule has 0 saturated carbocycles. The Bertz CT molecular complexity index is 989. The number of benzene rings is 2. The van der Waals surface area contributed by atoms with Crippen molar-refractivity contribution >= 4 is 28.1 Å². The van der Waals surface area contributed by atoms with E-state index in [1.807, 2.05) is 24.3 Å². The smallest absolute Gasteiger partial charge is 0.416 e. The average Bonchev–Trinajstić information content (AvgIpc) is 3.12. The Balaban J connectivity index is 1.55. The van der Waals surface area contributed by atoms with Gasteiger partial charge in [0.25, 0.3) is 0 Å². The number of hydrogen-bond acceptors (Lipinski definition) is 5. The number of aromatic nitrogens is 1. The van der Waals surface area contributed by atoms with Crippen LogP contribution in [0, 0.1) is 0 Å². The van der Waals surface area contributed by atoms with Crippen molar-refractivity contribution < 1.29 is 22.7 Å². The van der Waals surface area contributed by atoms with Crippen molar-refractivity contribution in [1.29, 1.82) is 0 Å². The molecule has 0 saturated heterocycles. The number of nitrogens with one attached hydrogen (secondary N) is 2. The molecule has 3 rings (SSSR count). The summed E-state index contributed by atoms with van der Waals surface area (Å²) in [4.78, 5) is 16.4. The zero-order chi connectivity index (χ0) is 20.9. The van der Waals surface area contributed by atoms with Crippen molar-refractivity contribution in [2.24, 2.45) is 0 Å². The molecule has 2 aromatic carbocycles. The van der Waals surface area contributed by atoms with Crippen molar-refractivity contribution in [3.63, 3.8) is 0 Å². The first-order valence-corrected chi connectivity index (χ1v) is 9.50. The van der Waals surface area contributed by atoms with Crippen LogP contribution in [0.5, 0.6) is 5.75 Å². The second-order valence-electron chi connectivity index (χ2n) is 6.15. The zero-order valence-electron chi connectivity index (χ0n) is 15.4. The minimum Gasteiger partial charge on any atom is -0.497 e. The minimum atomic E-state index is -4.41. The van der Waals surface area contributed by atoms with E-state index in [1.54, 1.807) is 12.5 Å². The van der Waals surface area contributed by atoms with Gasteiger partial charge in [0, 0.05) is 17.6 Å². The summed E-state index contributed by atoms with van der Waals surface area (Å²) in [6, 6.07) is 12.2. The molecule has 0 aliphatic rings. The largest absolute Gasteiger partial charge is 0.497 e. The maximum atomic E-state index is 12.8. The minimum absolute atomic E-state index is 0.0741. The number of rotatable bonds is 7. The van der Waals surface area contributed by atoms with E-state index >= 15 is 0 Å². The third-order valence-corrected chi connectivity index (χ3v) is 4.76. The molecule has 5 nitrogen and oxygen atoms in total. The molecule has 9 heteroatoms. The van der Waals surface area contributed by atoms with Gasteiger partial charge in [-0.05, 0) is 35.9 Å². The molecule has 0 aliphatic carbocycles. The van der Waals surface area contributed by atoms with Crippen molar-refractivity contribution in [3.05, 3.63) is 70.7 Å². The number of nitrogens with zero attached hydrogens (tertiary/aromatic N) is 1. The summed E-state index contributed by atoms with van der Waals surface area (Å²) in [5.74, 6) is 0.505. The number of methoxy groups -OCH3 is 1. The summed E-state index contributed by atoms with van der Waals surface area (Å²) in [6.07, 6.45) is -4.34. The summed E-state index contributed by atoms with van der Waals surface area (Å²) >= 11 is 1.22. The molecule has 0 fully saturated rings. The molecule has 29 heavy (non-hydrogen) atoms. The lowest BCUT2D eigenvalue weighted by Gasteiger charge is -2.09. The van der Waals surface area contributed by atoms with Gasteiger partial charge in [-0.3, -0.25) is 4.79 Å². The van der Waals surface area contributed by atoms with Gasteiger partial charge >= 0.3 is 6.18 Å². The first-order chi connectivity index (χ1) is 13.8. The van der Waals surface area contributed by atoms with Gasteiger partial charge in [0.05, 0.1) is 24.8 Å². The number of ether oxygens (including phenoxy) is 1. The van der Waals surface area contributed by atoms with Crippen LogP contribution in [0.1, 0.15) is 16.8 Å². The first-order valence-electron chi connectivity index (χ1n) is 8.62. The van der Waals surface area contributed by atoms with Gasteiger partial charge < -0.3 is 15.4 Å². The standard InChI is InChI=1S/C20H18F3N3O2S/c1-28-17-7-2-4-13(8-17)11-24-18(27)10-16-12-29-19(26-16)25-15-6-3-5-14(9-15)20(21,22)23/h2-9,12H,10-11H2,1H3,(H,24,27)(H,25,26). The van der Waals surface area contributed by atoms with Crippen molar-refractivity contribution in [1.82, 2.24) is 10.3 Å². The molecule has 1 aromatic heterocycles. The van der Waals surface area contributed by atoms with Gasteiger partial charge in [-0.1, -0.05) is 18.2 Å². The molecular weight excluding hydrogens is 403 g/mol. The summed E-state index contributed by atoms with van der Waals surface area (Å²) in [5, 5.41) is 7.76. The highest BCUT2D eigenvalue weighted by molar-refractivity contribution is 7.13. The average molecular weight is 421 g/mol. The fourth-order valence-electron chi connectivity index (χ4n) is 2.55. The van der Waals surface area contributed by atoms with Crippen LogP contribution < -0.4 is 15.4 Å². The maximum Gasteiger partial charge on any atom is 0.416 e. The summed E-state index contributed by atoms with van der Waals surface area (Å²) in [5.41, 5.74) is 0.981. The fourth-order valence-corrected chi connectivity index (χ4v) is 3.28. The number of carbonyl (C=O) groups excluding carboxylic acids is 1. The molecule has 0 atom stereocenters. The van der Waals surface area contributed by atoms with Gasteiger partial charge in [0.15, 0.2) is 5.13 Å². The van der Waals surface area contributed by atoms with E-state index in [2.05, 4.69) is 15.6 Å². The third-order valence-electron chi connectivity index (χ3n) is 3.96. The van der Waals surface area contributed by atoms with Crippen LogP contribution >= 0.6 is 11.3 Å². The van der Waals surface area contributed by atoms with Crippen molar-refractivity contribution in [2.45, 2.75) is 19.1 Å². The molecular formula is C20H18F3N3O2S. The highest BCUT2D eigenvalue weighted by Gasteiger charge is 2.30. The molecule has 0 spiro atoms. The monoisotopic (exact) mass is 421 g/mol. The van der Waals surface area contributed by atoms with Gasteiger partial charge in [0.1, 0.15) is 5.75 Å². The van der Waals surface area contributed by atoms with E-state index in [0.29, 0.717) is 23.1 Å². The van der Waals surface area contributed by atoms with Crippen LogP contribution in [0.2, 0.25) is 0 Å². The molecule has 2 N–H and O–H groups in total. The Kier molecular flexibility index (Phi) is 6.38. The molecule has 1 heterocycles. The lowest BCUT2D eigenvalue weighted by molar-refractivity contribution is -0.137. The molecule has 3 aromatic rings. The molecule has 0 unspecified atom stereocenters. The van der Waals surface area contributed by atoms with Gasteiger partial charge in [0.2, 0.25) is 5.91 Å². The van der Waals surface area contributed by atoms with Crippen LogP contribution in [-0.4, -0.2) is 18.0 Å². The number of alkyl halides is 3. The van der Waals surface area contributed by atoms with Crippen LogP contribution in [0.4, 0.5) is 24.0 Å². The molecule has 0 bridgehead atoms. The van der Waals surface area contributed by atoms with E-state index in [-0.39, 0.29) is 18.0 Å². The summed E-state index contributed by atoms with van der Waals surface area (Å²) < 4.78 is 43.5. The Morgan fingerprint density at radius 1 is 1.17 bits per heavy atom. The highest BCUT2D eigenvalue weighted by Crippen LogP contribution is 2.31. The Morgan fingerprint density at radius 3 is 2.72 bits per heavy atom. The van der Waals surface area contributed by atoms with Gasteiger partial charge in [-0.15, -0.1) is 11.3 Å². The number of hydrogen-bond donors (Lipinski definition) is 2. The first kappa shape index (κ1) is 20.7. The lowest BCUT2D eigenvalue weighted by atomic mass is 10.2. The number of thiazole rings is 1. The number of halogens is 3. The van der Waals surface area contributed by atoms with Crippen LogP contribution in [-0.2, 0) is 23.9 Å². The maximum absolute atomic E-state index is 12.8. The highest BCUT2D eigenvalue weighted by atomic mass is 32.1. The van der Waals surface area contributed by atoms with Crippen molar-refractivity contribution in [3.8, 4) is 5.75 Å². The van der Waals surface area contributed by atoms with E-state index in [4.69, 9.17) is 4.74 Å². The van der Waals surface area contributed by atoms with Crippen LogP contribution in [0.25, 0.3) is 0 Å². The number of amides is 1. The van der Waals surface area contributed by atoms with E-state index in [1.165, 1.54) is 23.5 Å². The Morgan fingerprint density at radius 2 is 1.97 bits per heavy atom. The second-order valence-corrected chi connectivity index (χ2v) is 7.01. The number of carbonyl (C=O) groups is 1. The molecule has 1 amide bonds. The van der Waals surface area contributed by atoms with Crippen molar-refractivity contribution in [2.75, 3.05) is 12.4 Å². The second kappa shape index (κ2) is 8.95. The van der Waals surface area contributed by atoms with Crippen LogP contribution in [0.15, 0.2) is 53.9 Å². The summed E-state index contributed by atoms with van der Waals surface area (Å²) in [6.45, 7) is 0.357. The predicted molar refractivity (Wildman–Crippen MR) is 105 cm³/mol. The molecule has 152 valence electrons. The quantitative estimate of drug-likeness (QED) is 0.577. The SMILES string of the molecule is COc1cccc(CNC(=O)Cc2csc(Nc3cccc(C(F)(F)F)c3)n2)c1.